The van der Waals surface area contributed by atoms with Crippen LogP contribution in [0.15, 0.2) is 22.7 Å². The summed E-state index contributed by atoms with van der Waals surface area (Å²) in [6, 6.07) is 4.33. The summed E-state index contributed by atoms with van der Waals surface area (Å²) in [7, 11) is 0. The Bertz CT molecular complexity index is 526. The Morgan fingerprint density at radius 2 is 2.06 bits per heavy atom. The normalized spacial score (nSPS) is 15.5. The highest BCUT2D eigenvalue weighted by Gasteiger charge is 2.29. The van der Waals surface area contributed by atoms with Gasteiger partial charge in [0.25, 0.3) is 0 Å². The first-order valence-corrected chi connectivity index (χ1v) is 5.63. The van der Waals surface area contributed by atoms with E-state index in [0.29, 0.717) is 10.2 Å². The first-order valence-electron chi connectivity index (χ1n) is 4.84. The van der Waals surface area contributed by atoms with E-state index in [9.17, 15) is 14.4 Å². The highest BCUT2D eigenvalue weighted by Crippen LogP contribution is 2.29. The van der Waals surface area contributed by atoms with E-state index in [2.05, 4.69) is 15.9 Å². The number of halogens is 1. The molecule has 1 aromatic carbocycles. The van der Waals surface area contributed by atoms with E-state index in [-0.39, 0.29) is 30.2 Å². The molecule has 5 nitrogen and oxygen atoms in total. The number of carbonyl (C=O) groups excluding carboxylic acids is 2. The molecule has 1 aliphatic rings. The molecule has 0 saturated carbocycles. The van der Waals surface area contributed by atoms with Crippen LogP contribution in [0.3, 0.4) is 0 Å². The van der Waals surface area contributed by atoms with Gasteiger partial charge in [-0.3, -0.25) is 9.59 Å². The monoisotopic (exact) mass is 297 g/mol. The lowest BCUT2D eigenvalue weighted by Gasteiger charge is -2.16. The van der Waals surface area contributed by atoms with Crippen LogP contribution in [0.1, 0.15) is 16.8 Å². The minimum Gasteiger partial charge on any atom is -0.478 e. The predicted octanol–water partition coefficient (Wildman–Crippen LogP) is 1.45. The van der Waals surface area contributed by atoms with Gasteiger partial charge in [-0.1, -0.05) is 0 Å². The van der Waals surface area contributed by atoms with Crippen LogP contribution in [0.4, 0.5) is 5.69 Å². The molecule has 6 heteroatoms. The summed E-state index contributed by atoms with van der Waals surface area (Å²) in [6.07, 6.45) is -0.0902. The fourth-order valence-corrected chi connectivity index (χ4v) is 2.26. The van der Waals surface area contributed by atoms with Crippen molar-refractivity contribution in [3.05, 3.63) is 28.2 Å². The summed E-state index contributed by atoms with van der Waals surface area (Å²) in [4.78, 5) is 34.8. The summed E-state index contributed by atoms with van der Waals surface area (Å²) < 4.78 is 0.487. The Morgan fingerprint density at radius 3 is 2.53 bits per heavy atom. The van der Waals surface area contributed by atoms with Gasteiger partial charge in [0.1, 0.15) is 0 Å². The maximum atomic E-state index is 11.5. The molecule has 0 atom stereocenters. The van der Waals surface area contributed by atoms with Crippen LogP contribution in [0.5, 0.6) is 0 Å². The van der Waals surface area contributed by atoms with Crippen LogP contribution in [-0.2, 0) is 9.59 Å². The van der Waals surface area contributed by atoms with Crippen molar-refractivity contribution < 1.29 is 19.5 Å². The van der Waals surface area contributed by atoms with Gasteiger partial charge < -0.3 is 10.0 Å². The summed E-state index contributed by atoms with van der Waals surface area (Å²) in [5.74, 6) is -1.44. The van der Waals surface area contributed by atoms with Gasteiger partial charge in [-0.25, -0.2) is 4.79 Å². The second-order valence-electron chi connectivity index (χ2n) is 3.67. The smallest absolute Gasteiger partial charge is 0.335 e. The number of amides is 1. The molecule has 1 heterocycles. The standard InChI is InChI=1S/C11H8BrNO4/c12-8-3-6(11(16)17)1-2-9(8)13-5-7(14)4-10(13)15/h1-3H,4-5H2,(H,16,17). The molecule has 0 aromatic heterocycles. The number of benzene rings is 1. The average molecular weight is 298 g/mol. The molecule has 1 fully saturated rings. The molecule has 17 heavy (non-hydrogen) atoms. The zero-order chi connectivity index (χ0) is 12.6. The molecule has 1 N–H and O–H groups in total. The molecule has 1 saturated heterocycles. The molecule has 0 radical (unpaired) electrons. The molecule has 2 rings (SSSR count). The number of rotatable bonds is 2. The van der Waals surface area contributed by atoms with E-state index in [1.54, 1.807) is 0 Å². The van der Waals surface area contributed by atoms with E-state index in [4.69, 9.17) is 5.11 Å². The lowest BCUT2D eigenvalue weighted by molar-refractivity contribution is -0.121. The van der Waals surface area contributed by atoms with Crippen LogP contribution in [0.2, 0.25) is 0 Å². The Kier molecular flexibility index (Phi) is 2.97. The summed E-state index contributed by atoms with van der Waals surface area (Å²) >= 11 is 3.20. The van der Waals surface area contributed by atoms with Crippen molar-refractivity contribution in [1.82, 2.24) is 0 Å². The number of hydrogen-bond acceptors (Lipinski definition) is 3. The third-order valence-electron chi connectivity index (χ3n) is 2.47. The number of carboxylic acids is 1. The van der Waals surface area contributed by atoms with Gasteiger partial charge in [-0.15, -0.1) is 0 Å². The van der Waals surface area contributed by atoms with Gasteiger partial charge in [-0.2, -0.15) is 0 Å². The molecule has 0 bridgehead atoms. The topological polar surface area (TPSA) is 74.7 Å². The fourth-order valence-electron chi connectivity index (χ4n) is 1.66. The Hall–Kier alpha value is -1.69. The highest BCUT2D eigenvalue weighted by atomic mass is 79.9. The van der Waals surface area contributed by atoms with E-state index in [1.165, 1.54) is 23.1 Å². The maximum absolute atomic E-state index is 11.5. The quantitative estimate of drug-likeness (QED) is 0.839. The summed E-state index contributed by atoms with van der Waals surface area (Å²) in [5.41, 5.74) is 0.643. The minimum absolute atomic E-state index is 0.0455. The van der Waals surface area contributed by atoms with Crippen molar-refractivity contribution in [2.75, 3.05) is 11.4 Å². The molecule has 0 aliphatic carbocycles. The van der Waals surface area contributed by atoms with Gasteiger partial charge in [0.05, 0.1) is 24.2 Å². The lowest BCUT2D eigenvalue weighted by Crippen LogP contribution is -2.25. The number of hydrogen-bond donors (Lipinski definition) is 1. The van der Waals surface area contributed by atoms with E-state index >= 15 is 0 Å². The largest absolute Gasteiger partial charge is 0.478 e. The van der Waals surface area contributed by atoms with E-state index in [0.717, 1.165) is 0 Å². The molecule has 0 unspecified atom stereocenters. The van der Waals surface area contributed by atoms with Crippen molar-refractivity contribution in [2.45, 2.75) is 6.42 Å². The molecular weight excluding hydrogens is 290 g/mol. The van der Waals surface area contributed by atoms with Crippen LogP contribution >= 0.6 is 15.9 Å². The fraction of sp³-hybridized carbons (Fsp3) is 0.182. The molecular formula is C11H8BrNO4. The molecule has 88 valence electrons. The predicted molar refractivity (Wildman–Crippen MR) is 63.1 cm³/mol. The van der Waals surface area contributed by atoms with Gasteiger partial charge in [0.15, 0.2) is 5.78 Å². The molecule has 1 amide bonds. The number of Topliss-reactive ketones (excluding diaryl/α,β-unsaturated/α-hetero) is 1. The van der Waals surface area contributed by atoms with Crippen molar-refractivity contribution in [3.8, 4) is 0 Å². The van der Waals surface area contributed by atoms with Crippen LogP contribution in [-0.4, -0.2) is 29.3 Å². The number of carboxylic acid groups (broad SMARTS) is 1. The number of anilines is 1. The van der Waals surface area contributed by atoms with E-state index < -0.39 is 5.97 Å². The van der Waals surface area contributed by atoms with Crippen LogP contribution < -0.4 is 4.90 Å². The molecule has 1 aliphatic heterocycles. The average Bonchev–Trinajstić information content (AvgIpc) is 2.57. The van der Waals surface area contributed by atoms with E-state index in [1.807, 2.05) is 0 Å². The Labute approximate surface area is 105 Å². The number of nitrogens with zero attached hydrogens (tertiary/aromatic N) is 1. The number of ketones is 1. The Morgan fingerprint density at radius 1 is 1.35 bits per heavy atom. The van der Waals surface area contributed by atoms with Gasteiger partial charge in [0, 0.05) is 4.47 Å². The van der Waals surface area contributed by atoms with Gasteiger partial charge in [-0.05, 0) is 34.1 Å². The summed E-state index contributed by atoms with van der Waals surface area (Å²) in [5, 5.41) is 8.80. The SMILES string of the molecule is O=C1CC(=O)N(c2ccc(C(=O)O)cc2Br)C1. The van der Waals surface area contributed by atoms with Gasteiger partial charge in [0.2, 0.25) is 5.91 Å². The molecule has 0 spiro atoms. The lowest BCUT2D eigenvalue weighted by atomic mass is 10.2. The second kappa shape index (κ2) is 4.29. The first-order chi connectivity index (χ1) is 7.99. The number of aromatic carboxylic acids is 1. The zero-order valence-electron chi connectivity index (χ0n) is 8.64. The van der Waals surface area contributed by atoms with Crippen molar-refractivity contribution in [2.24, 2.45) is 0 Å². The molecule has 1 aromatic rings. The third kappa shape index (κ3) is 2.21. The third-order valence-corrected chi connectivity index (χ3v) is 3.10. The zero-order valence-corrected chi connectivity index (χ0v) is 10.2. The Balaban J connectivity index is 2.37. The second-order valence-corrected chi connectivity index (χ2v) is 4.52. The van der Waals surface area contributed by atoms with Crippen LogP contribution in [0, 0.1) is 0 Å². The number of carbonyl (C=O) groups is 3. The minimum atomic E-state index is -1.04. The first kappa shape index (κ1) is 11.8. The van der Waals surface area contributed by atoms with Gasteiger partial charge >= 0.3 is 5.97 Å². The van der Waals surface area contributed by atoms with Crippen molar-refractivity contribution >= 4 is 39.3 Å². The van der Waals surface area contributed by atoms with Crippen LogP contribution in [0.25, 0.3) is 0 Å². The van der Waals surface area contributed by atoms with Crippen molar-refractivity contribution in [1.29, 1.82) is 0 Å². The van der Waals surface area contributed by atoms with Crippen molar-refractivity contribution in [3.63, 3.8) is 0 Å². The summed E-state index contributed by atoms with van der Waals surface area (Å²) in [6.45, 7) is 0.0455. The maximum Gasteiger partial charge on any atom is 0.335 e. The highest BCUT2D eigenvalue weighted by molar-refractivity contribution is 9.10.